The highest BCUT2D eigenvalue weighted by atomic mass is 31.2. The van der Waals surface area contributed by atoms with Gasteiger partial charge in [0.25, 0.3) is 11.8 Å². The van der Waals surface area contributed by atoms with Crippen LogP contribution in [0.2, 0.25) is 0 Å². The Labute approximate surface area is 219 Å². The van der Waals surface area contributed by atoms with Crippen LogP contribution in [0.25, 0.3) is 0 Å². The molecule has 0 spiro atoms. The average molecular weight is 570 g/mol. The molecule has 2 amide bonds. The second kappa shape index (κ2) is 12.9. The van der Waals surface area contributed by atoms with Gasteiger partial charge in [0.15, 0.2) is 6.35 Å². The van der Waals surface area contributed by atoms with E-state index in [-0.39, 0.29) is 17.7 Å². The SMILES string of the molecule is NC(=O)c1cc(CCNC(=O)c2ccc(OCP(=O)(O)O)c(P(=O)(O)O)c2)ccc1OCC1CCCCC1. The van der Waals surface area contributed by atoms with E-state index in [1.807, 2.05) is 0 Å². The molecular weight excluding hydrogens is 538 g/mol. The van der Waals surface area contributed by atoms with Gasteiger partial charge < -0.3 is 40.1 Å². The van der Waals surface area contributed by atoms with E-state index in [4.69, 9.17) is 25.0 Å². The van der Waals surface area contributed by atoms with Crippen molar-refractivity contribution in [1.29, 1.82) is 0 Å². The number of ether oxygens (including phenoxy) is 2. The van der Waals surface area contributed by atoms with Gasteiger partial charge in [0, 0.05) is 12.1 Å². The highest BCUT2D eigenvalue weighted by molar-refractivity contribution is 7.60. The first kappa shape index (κ1) is 29.8. The van der Waals surface area contributed by atoms with E-state index in [0.29, 0.717) is 24.7 Å². The van der Waals surface area contributed by atoms with Crippen LogP contribution in [0.3, 0.4) is 0 Å². The largest absolute Gasteiger partial charge is 0.492 e. The van der Waals surface area contributed by atoms with Crippen LogP contribution in [0.1, 0.15) is 58.4 Å². The molecule has 0 saturated heterocycles. The lowest BCUT2D eigenvalue weighted by Crippen LogP contribution is -2.27. The fourth-order valence-corrected chi connectivity index (χ4v) is 5.24. The number of hydrogen-bond acceptors (Lipinski definition) is 6. The Hall–Kier alpha value is -2.72. The van der Waals surface area contributed by atoms with Crippen molar-refractivity contribution < 1.29 is 47.8 Å². The van der Waals surface area contributed by atoms with Gasteiger partial charge in [0.2, 0.25) is 0 Å². The maximum atomic E-state index is 12.6. The maximum absolute atomic E-state index is 12.6. The molecule has 1 fully saturated rings. The number of rotatable bonds is 12. The number of nitrogens with two attached hydrogens (primary N) is 1. The molecule has 0 aromatic heterocycles. The van der Waals surface area contributed by atoms with Gasteiger partial charge in [-0.2, -0.15) is 0 Å². The molecule has 14 heteroatoms. The van der Waals surface area contributed by atoms with Crippen LogP contribution < -0.4 is 25.8 Å². The number of nitrogens with one attached hydrogen (secondary N) is 1. The summed E-state index contributed by atoms with van der Waals surface area (Å²) in [4.78, 5) is 61.6. The summed E-state index contributed by atoms with van der Waals surface area (Å²) in [7, 11) is -9.52. The van der Waals surface area contributed by atoms with Crippen LogP contribution in [-0.2, 0) is 15.6 Å². The number of carbonyl (C=O) groups is 2. The lowest BCUT2D eigenvalue weighted by atomic mass is 9.90. The molecule has 2 aromatic carbocycles. The van der Waals surface area contributed by atoms with E-state index < -0.39 is 44.4 Å². The molecule has 7 N–H and O–H groups in total. The van der Waals surface area contributed by atoms with Gasteiger partial charge in [0.1, 0.15) is 16.8 Å². The fraction of sp³-hybridized carbons (Fsp3) is 0.417. The quantitative estimate of drug-likeness (QED) is 0.205. The molecule has 0 radical (unpaired) electrons. The molecule has 2 aromatic rings. The third-order valence-electron chi connectivity index (χ3n) is 6.13. The summed E-state index contributed by atoms with van der Waals surface area (Å²) in [5.41, 5.74) is 6.43. The Balaban J connectivity index is 1.62. The zero-order valence-electron chi connectivity index (χ0n) is 20.6. The molecule has 1 saturated carbocycles. The smallest absolute Gasteiger partial charge is 0.362 e. The van der Waals surface area contributed by atoms with Gasteiger partial charge >= 0.3 is 15.2 Å². The van der Waals surface area contributed by atoms with E-state index in [2.05, 4.69) is 5.32 Å². The Bertz CT molecular complexity index is 1250. The Kier molecular flexibility index (Phi) is 10.1. The van der Waals surface area contributed by atoms with Crippen LogP contribution in [0.15, 0.2) is 36.4 Å². The van der Waals surface area contributed by atoms with E-state index >= 15 is 0 Å². The predicted molar refractivity (Wildman–Crippen MR) is 139 cm³/mol. The normalized spacial score (nSPS) is 14.6. The summed E-state index contributed by atoms with van der Waals surface area (Å²) < 4.78 is 33.6. The van der Waals surface area contributed by atoms with Gasteiger partial charge in [-0.05, 0) is 61.1 Å². The van der Waals surface area contributed by atoms with Crippen molar-refractivity contribution in [2.75, 3.05) is 19.5 Å². The molecule has 208 valence electrons. The van der Waals surface area contributed by atoms with Crippen molar-refractivity contribution in [3.05, 3.63) is 53.1 Å². The van der Waals surface area contributed by atoms with Crippen molar-refractivity contribution in [1.82, 2.24) is 5.32 Å². The lowest BCUT2D eigenvalue weighted by Gasteiger charge is -2.22. The van der Waals surface area contributed by atoms with E-state index in [0.717, 1.165) is 30.5 Å². The number of amides is 2. The summed E-state index contributed by atoms with van der Waals surface area (Å²) in [6.07, 6.45) is 5.04. The number of benzene rings is 2. The van der Waals surface area contributed by atoms with Gasteiger partial charge in [-0.25, -0.2) is 0 Å². The monoisotopic (exact) mass is 570 g/mol. The van der Waals surface area contributed by atoms with E-state index in [1.165, 1.54) is 25.3 Å². The molecule has 0 bridgehead atoms. The highest BCUT2D eigenvalue weighted by Crippen LogP contribution is 2.40. The van der Waals surface area contributed by atoms with E-state index in [9.17, 15) is 28.5 Å². The van der Waals surface area contributed by atoms with Crippen molar-refractivity contribution in [3.63, 3.8) is 0 Å². The molecule has 0 atom stereocenters. The molecular formula is C24H32N2O10P2. The molecule has 0 heterocycles. The molecule has 38 heavy (non-hydrogen) atoms. The minimum Gasteiger partial charge on any atom is -0.492 e. The molecule has 1 aliphatic carbocycles. The second-order valence-electron chi connectivity index (χ2n) is 9.18. The van der Waals surface area contributed by atoms with Crippen LogP contribution in [0.4, 0.5) is 0 Å². The summed E-state index contributed by atoms with van der Waals surface area (Å²) in [6, 6.07) is 8.26. The minimum atomic E-state index is -4.93. The van der Waals surface area contributed by atoms with Crippen molar-refractivity contribution >= 4 is 32.3 Å². The Morgan fingerprint density at radius 1 is 0.947 bits per heavy atom. The third-order valence-corrected chi connectivity index (χ3v) is 7.57. The minimum absolute atomic E-state index is 0.0869. The predicted octanol–water partition coefficient (Wildman–Crippen LogP) is 2.03. The summed E-state index contributed by atoms with van der Waals surface area (Å²) >= 11 is 0. The van der Waals surface area contributed by atoms with Crippen LogP contribution in [0.5, 0.6) is 11.5 Å². The molecule has 12 nitrogen and oxygen atoms in total. The molecule has 0 unspecified atom stereocenters. The van der Waals surface area contributed by atoms with Crippen molar-refractivity contribution in [2.45, 2.75) is 38.5 Å². The summed E-state index contributed by atoms with van der Waals surface area (Å²) in [5, 5.41) is 1.96. The second-order valence-corrected chi connectivity index (χ2v) is 12.3. The third kappa shape index (κ3) is 8.94. The van der Waals surface area contributed by atoms with Gasteiger partial charge in [-0.3, -0.25) is 18.7 Å². The maximum Gasteiger partial charge on any atom is 0.362 e. The number of carbonyl (C=O) groups excluding carboxylic acids is 2. The van der Waals surface area contributed by atoms with Crippen LogP contribution in [-0.4, -0.2) is 50.9 Å². The van der Waals surface area contributed by atoms with Gasteiger partial charge in [0.05, 0.1) is 12.2 Å². The van der Waals surface area contributed by atoms with Crippen molar-refractivity contribution in [3.8, 4) is 11.5 Å². The molecule has 3 rings (SSSR count). The number of hydrogen-bond donors (Lipinski definition) is 6. The first-order valence-corrected chi connectivity index (χ1v) is 15.5. The fourth-order valence-electron chi connectivity index (χ4n) is 4.20. The first-order valence-electron chi connectivity index (χ1n) is 12.0. The Morgan fingerprint density at radius 2 is 1.63 bits per heavy atom. The summed E-state index contributed by atoms with van der Waals surface area (Å²) in [6.45, 7) is 0.663. The average Bonchev–Trinajstić information content (AvgIpc) is 2.86. The first-order chi connectivity index (χ1) is 17.8. The Morgan fingerprint density at radius 3 is 2.26 bits per heavy atom. The standard InChI is InChI=1S/C24H32N2O10P2/c25-23(27)19-12-16(6-8-20(19)35-14-17-4-2-1-3-5-17)10-11-26-24(28)18-7-9-21(36-15-37(29,30)31)22(13-18)38(32,33)34/h6-9,12-13,17H,1-5,10-11,14-15H2,(H2,25,27)(H,26,28)(H2,29,30,31)(H2,32,33,34). The lowest BCUT2D eigenvalue weighted by molar-refractivity contribution is 0.0952. The molecule has 1 aliphatic rings. The molecule has 0 aliphatic heterocycles. The zero-order chi connectivity index (χ0) is 27.9. The van der Waals surface area contributed by atoms with Crippen molar-refractivity contribution in [2.24, 2.45) is 11.7 Å². The van der Waals surface area contributed by atoms with E-state index in [1.54, 1.807) is 18.2 Å². The van der Waals surface area contributed by atoms with Crippen LogP contribution in [0, 0.1) is 5.92 Å². The topological polar surface area (TPSA) is 206 Å². The zero-order valence-corrected chi connectivity index (χ0v) is 22.4. The van der Waals surface area contributed by atoms with Gasteiger partial charge in [-0.15, -0.1) is 0 Å². The number of primary amides is 1. The highest BCUT2D eigenvalue weighted by Gasteiger charge is 2.26. The summed E-state index contributed by atoms with van der Waals surface area (Å²) in [5.74, 6) is -0.827. The van der Waals surface area contributed by atoms with Crippen LogP contribution >= 0.6 is 15.2 Å². The van der Waals surface area contributed by atoms with Gasteiger partial charge in [-0.1, -0.05) is 25.3 Å².